The molecule has 3 aromatic rings. The van der Waals surface area contributed by atoms with Gasteiger partial charge < -0.3 is 0 Å². The number of hydrogen-bond donors (Lipinski definition) is 1. The second-order valence-corrected chi connectivity index (χ2v) is 8.20. The standard InChI is InChI=1S/C16H16FN5SSe/c17-10-4-6-11(7-5-10)22-13(18)12-14(19-15(22)23)20-16(24-12)21-8-2-1-3-9-21/h4-7H,1-3,8-9,18H2. The Morgan fingerprint density at radius 1 is 1.08 bits per heavy atom. The number of nitrogens with zero attached hydrogens (tertiary/aromatic N) is 4. The molecule has 24 heavy (non-hydrogen) atoms. The van der Waals surface area contributed by atoms with Gasteiger partial charge in [0.15, 0.2) is 0 Å². The van der Waals surface area contributed by atoms with Crippen molar-refractivity contribution in [3.05, 3.63) is 34.9 Å². The van der Waals surface area contributed by atoms with E-state index in [0.29, 0.717) is 16.2 Å². The van der Waals surface area contributed by atoms with Gasteiger partial charge in [0.2, 0.25) is 0 Å². The van der Waals surface area contributed by atoms with Crippen molar-refractivity contribution in [2.45, 2.75) is 19.3 Å². The van der Waals surface area contributed by atoms with Gasteiger partial charge in [-0.1, -0.05) is 0 Å². The second-order valence-electron chi connectivity index (χ2n) is 5.79. The van der Waals surface area contributed by atoms with Gasteiger partial charge in [0.1, 0.15) is 0 Å². The molecule has 5 nitrogen and oxygen atoms in total. The molecular weight excluding hydrogens is 392 g/mol. The monoisotopic (exact) mass is 409 g/mol. The zero-order valence-electron chi connectivity index (χ0n) is 12.9. The van der Waals surface area contributed by atoms with Crippen molar-refractivity contribution < 1.29 is 4.39 Å². The number of anilines is 2. The van der Waals surface area contributed by atoms with Crippen molar-refractivity contribution in [1.29, 1.82) is 0 Å². The van der Waals surface area contributed by atoms with Crippen molar-refractivity contribution in [2.75, 3.05) is 23.7 Å². The van der Waals surface area contributed by atoms with Gasteiger partial charge in [-0.25, -0.2) is 0 Å². The summed E-state index contributed by atoms with van der Waals surface area (Å²) in [5.41, 5.74) is 7.75. The van der Waals surface area contributed by atoms with E-state index >= 15 is 0 Å². The second kappa shape index (κ2) is 6.27. The van der Waals surface area contributed by atoms with Gasteiger partial charge in [-0.15, -0.1) is 0 Å². The van der Waals surface area contributed by atoms with Crippen molar-refractivity contribution >= 4 is 47.1 Å². The summed E-state index contributed by atoms with van der Waals surface area (Å²) < 4.78 is 17.3. The quantitative estimate of drug-likeness (QED) is 0.522. The SMILES string of the molecule is Nc1c2[se]c(N3CCCCC3)nc2nc(=S)n1-c1ccc(F)cc1. The van der Waals surface area contributed by atoms with Gasteiger partial charge in [-0.05, 0) is 0 Å². The summed E-state index contributed by atoms with van der Waals surface area (Å²) in [6.45, 7) is 2.10. The molecule has 0 aliphatic carbocycles. The molecule has 0 radical (unpaired) electrons. The Labute approximate surface area is 149 Å². The van der Waals surface area contributed by atoms with E-state index in [-0.39, 0.29) is 20.3 Å². The van der Waals surface area contributed by atoms with E-state index < -0.39 is 0 Å². The van der Waals surface area contributed by atoms with Crippen molar-refractivity contribution in [2.24, 2.45) is 0 Å². The normalized spacial score (nSPS) is 15.1. The van der Waals surface area contributed by atoms with Crippen molar-refractivity contribution in [3.63, 3.8) is 0 Å². The summed E-state index contributed by atoms with van der Waals surface area (Å²) in [6.07, 6.45) is 3.69. The van der Waals surface area contributed by atoms with Gasteiger partial charge in [0.25, 0.3) is 0 Å². The van der Waals surface area contributed by atoms with E-state index in [9.17, 15) is 4.39 Å². The van der Waals surface area contributed by atoms with Gasteiger partial charge in [-0.2, -0.15) is 0 Å². The summed E-state index contributed by atoms with van der Waals surface area (Å²) in [7, 11) is 0. The third-order valence-electron chi connectivity index (χ3n) is 4.18. The Kier molecular flexibility index (Phi) is 4.12. The topological polar surface area (TPSA) is 60.0 Å². The minimum atomic E-state index is -0.294. The molecule has 2 N–H and O–H groups in total. The molecule has 1 aromatic carbocycles. The summed E-state index contributed by atoms with van der Waals surface area (Å²) in [6, 6.07) is 6.10. The molecule has 1 saturated heterocycles. The van der Waals surface area contributed by atoms with Crippen LogP contribution in [-0.2, 0) is 0 Å². The van der Waals surface area contributed by atoms with E-state index in [0.717, 1.165) is 27.7 Å². The van der Waals surface area contributed by atoms with Crippen LogP contribution in [0.5, 0.6) is 0 Å². The van der Waals surface area contributed by atoms with Crippen LogP contribution in [0.3, 0.4) is 0 Å². The molecule has 4 rings (SSSR count). The van der Waals surface area contributed by atoms with Gasteiger partial charge in [0.05, 0.1) is 0 Å². The van der Waals surface area contributed by atoms with Crippen LogP contribution in [0.1, 0.15) is 19.3 Å². The predicted octanol–water partition coefficient (Wildman–Crippen LogP) is 2.92. The van der Waals surface area contributed by atoms with E-state index in [1.54, 1.807) is 16.7 Å². The number of piperidine rings is 1. The first-order valence-electron chi connectivity index (χ1n) is 7.83. The Bertz CT molecular complexity index is 943. The molecule has 1 aliphatic heterocycles. The molecule has 0 bridgehead atoms. The number of hydrogen-bond acceptors (Lipinski definition) is 5. The average Bonchev–Trinajstić information content (AvgIpc) is 3.02. The molecule has 8 heteroatoms. The number of aromatic nitrogens is 3. The van der Waals surface area contributed by atoms with Gasteiger partial charge in [0, 0.05) is 0 Å². The van der Waals surface area contributed by atoms with Crippen LogP contribution in [0.25, 0.3) is 15.6 Å². The third-order valence-corrected chi connectivity index (χ3v) is 6.82. The number of nitrogens with two attached hydrogens (primary N) is 1. The van der Waals surface area contributed by atoms with Crippen LogP contribution in [0.2, 0.25) is 0 Å². The first-order chi connectivity index (χ1) is 11.6. The fourth-order valence-corrected chi connectivity index (χ4v) is 5.35. The Morgan fingerprint density at radius 3 is 2.50 bits per heavy atom. The maximum absolute atomic E-state index is 13.2. The maximum atomic E-state index is 13.2. The van der Waals surface area contributed by atoms with E-state index in [1.165, 1.54) is 31.4 Å². The fraction of sp³-hybridized carbons (Fsp3) is 0.312. The molecule has 2 aromatic heterocycles. The average molecular weight is 408 g/mol. The van der Waals surface area contributed by atoms with Crippen LogP contribution >= 0.6 is 12.2 Å². The number of rotatable bonds is 2. The molecule has 0 unspecified atom stereocenters. The van der Waals surface area contributed by atoms with Crippen LogP contribution in [-0.4, -0.2) is 42.1 Å². The minimum absolute atomic E-state index is 0.0224. The number of fused-ring (bicyclic) bond motifs is 1. The van der Waals surface area contributed by atoms with Crippen LogP contribution < -0.4 is 10.6 Å². The number of benzene rings is 1. The van der Waals surface area contributed by atoms with Crippen LogP contribution in [0, 0.1) is 10.6 Å². The van der Waals surface area contributed by atoms with Gasteiger partial charge >= 0.3 is 150 Å². The first kappa shape index (κ1) is 15.7. The summed E-state index contributed by atoms with van der Waals surface area (Å²) >= 11 is 5.42. The zero-order chi connectivity index (χ0) is 16.7. The van der Waals surface area contributed by atoms with Crippen LogP contribution in [0.4, 0.5) is 14.9 Å². The molecule has 3 heterocycles. The molecule has 0 spiro atoms. The van der Waals surface area contributed by atoms with E-state index in [4.69, 9.17) is 18.0 Å². The first-order valence-corrected chi connectivity index (χ1v) is 9.95. The Morgan fingerprint density at radius 2 is 1.79 bits per heavy atom. The fourth-order valence-electron chi connectivity index (χ4n) is 2.95. The van der Waals surface area contributed by atoms with Gasteiger partial charge in [-0.3, -0.25) is 0 Å². The molecular formula is C16H16FN5SSe. The van der Waals surface area contributed by atoms with Crippen LogP contribution in [0.15, 0.2) is 24.3 Å². The molecule has 1 aliphatic rings. The molecule has 0 atom stereocenters. The van der Waals surface area contributed by atoms with E-state index in [2.05, 4.69) is 14.9 Å². The summed E-state index contributed by atoms with van der Waals surface area (Å²) in [5, 5.41) is 0. The summed E-state index contributed by atoms with van der Waals surface area (Å²) in [5.74, 6) is 0.269. The third kappa shape index (κ3) is 2.75. The predicted molar refractivity (Wildman–Crippen MR) is 97.1 cm³/mol. The van der Waals surface area contributed by atoms with Crippen molar-refractivity contribution in [1.82, 2.24) is 14.5 Å². The zero-order valence-corrected chi connectivity index (χ0v) is 15.4. The summed E-state index contributed by atoms with van der Waals surface area (Å²) in [4.78, 5) is 11.5. The molecule has 1 fully saturated rings. The Balaban J connectivity index is 1.84. The van der Waals surface area contributed by atoms with Crippen molar-refractivity contribution in [3.8, 4) is 5.69 Å². The van der Waals surface area contributed by atoms with E-state index in [1.807, 2.05) is 0 Å². The molecule has 0 amide bonds. The number of nitrogen functional groups attached to an aromatic ring is 1. The molecule has 0 saturated carbocycles. The Hall–Kier alpha value is -1.76. The number of halogens is 1. The molecule has 124 valence electrons.